The van der Waals surface area contributed by atoms with Crippen LogP contribution in [0.4, 0.5) is 10.1 Å². The highest BCUT2D eigenvalue weighted by atomic mass is 19.1. The first-order valence-corrected chi connectivity index (χ1v) is 7.03. The number of hydrogen-bond acceptors (Lipinski definition) is 2. The minimum Gasteiger partial charge on any atom is -0.364 e. The van der Waals surface area contributed by atoms with Crippen LogP contribution < -0.4 is 10.2 Å². The molecular weight excluding hydrogens is 251 g/mol. The van der Waals surface area contributed by atoms with Crippen molar-refractivity contribution in [2.75, 3.05) is 18.5 Å². The molecule has 1 N–H and O–H groups in total. The summed E-state index contributed by atoms with van der Waals surface area (Å²) in [5.74, 6) is -0.128. The first-order chi connectivity index (χ1) is 9.79. The van der Waals surface area contributed by atoms with E-state index < -0.39 is 0 Å². The molecule has 1 aliphatic heterocycles. The van der Waals surface area contributed by atoms with Crippen molar-refractivity contribution in [3.63, 3.8) is 0 Å². The molecule has 0 fully saturated rings. The second-order valence-corrected chi connectivity index (χ2v) is 5.22. The number of nitrogens with zero attached hydrogens (tertiary/aromatic N) is 1. The van der Waals surface area contributed by atoms with Crippen molar-refractivity contribution in [3.8, 4) is 0 Å². The van der Waals surface area contributed by atoms with E-state index >= 15 is 0 Å². The van der Waals surface area contributed by atoms with E-state index in [2.05, 4.69) is 34.5 Å². The maximum absolute atomic E-state index is 14.3. The van der Waals surface area contributed by atoms with Gasteiger partial charge in [0.15, 0.2) is 0 Å². The predicted molar refractivity (Wildman–Crippen MR) is 80.4 cm³/mol. The van der Waals surface area contributed by atoms with Gasteiger partial charge >= 0.3 is 0 Å². The lowest BCUT2D eigenvalue weighted by atomic mass is 9.98. The zero-order chi connectivity index (χ0) is 13.9. The highest BCUT2D eigenvalue weighted by Gasteiger charge is 2.20. The van der Waals surface area contributed by atoms with E-state index in [1.165, 1.54) is 11.1 Å². The van der Waals surface area contributed by atoms with E-state index in [9.17, 15) is 4.39 Å². The van der Waals surface area contributed by atoms with Gasteiger partial charge in [-0.2, -0.15) is 0 Å². The maximum atomic E-state index is 14.3. The van der Waals surface area contributed by atoms with Crippen molar-refractivity contribution in [2.45, 2.75) is 19.5 Å². The number of hydrogen-bond donors (Lipinski definition) is 1. The van der Waals surface area contributed by atoms with Crippen molar-refractivity contribution in [1.82, 2.24) is 5.32 Å². The van der Waals surface area contributed by atoms with Crippen LogP contribution in [0.2, 0.25) is 0 Å². The molecule has 1 heterocycles. The summed E-state index contributed by atoms with van der Waals surface area (Å²) in [6, 6.07) is 13.8. The summed E-state index contributed by atoms with van der Waals surface area (Å²) in [5, 5.41) is 3.12. The van der Waals surface area contributed by atoms with Gasteiger partial charge in [-0.3, -0.25) is 0 Å². The summed E-state index contributed by atoms with van der Waals surface area (Å²) in [6.45, 7) is 2.34. The third-order valence-corrected chi connectivity index (χ3v) is 3.88. The van der Waals surface area contributed by atoms with Gasteiger partial charge in [0.1, 0.15) is 5.82 Å². The molecule has 2 aromatic carbocycles. The van der Waals surface area contributed by atoms with Crippen LogP contribution in [0.15, 0.2) is 42.5 Å². The van der Waals surface area contributed by atoms with Gasteiger partial charge in [-0.05, 0) is 36.2 Å². The van der Waals surface area contributed by atoms with Crippen LogP contribution in [0, 0.1) is 5.82 Å². The molecule has 3 rings (SSSR count). The molecule has 0 radical (unpaired) electrons. The standard InChI is InChI=1S/C17H19FN2/c1-19-11-14-7-4-8-16(18)17(14)20-10-9-13-5-2-3-6-15(13)12-20/h2-8,19H,9-12H2,1H3. The average Bonchev–Trinajstić information content (AvgIpc) is 2.47. The van der Waals surface area contributed by atoms with Crippen molar-refractivity contribution in [2.24, 2.45) is 0 Å². The van der Waals surface area contributed by atoms with Crippen molar-refractivity contribution in [3.05, 3.63) is 65.0 Å². The molecule has 0 amide bonds. The molecule has 0 aromatic heterocycles. The Hall–Kier alpha value is -1.87. The van der Waals surface area contributed by atoms with Gasteiger partial charge in [0.05, 0.1) is 5.69 Å². The van der Waals surface area contributed by atoms with Gasteiger partial charge in [0.25, 0.3) is 0 Å². The molecule has 1 aliphatic rings. The molecule has 0 aliphatic carbocycles. The summed E-state index contributed by atoms with van der Waals surface area (Å²) >= 11 is 0. The van der Waals surface area contributed by atoms with Crippen LogP contribution in [0.5, 0.6) is 0 Å². The number of nitrogens with one attached hydrogen (secondary N) is 1. The molecule has 0 saturated carbocycles. The van der Waals surface area contributed by atoms with Crippen LogP contribution in [0.1, 0.15) is 16.7 Å². The number of anilines is 1. The van der Waals surface area contributed by atoms with E-state index in [4.69, 9.17) is 0 Å². The first kappa shape index (κ1) is 13.1. The minimum atomic E-state index is -0.128. The largest absolute Gasteiger partial charge is 0.364 e. The predicted octanol–water partition coefficient (Wildman–Crippen LogP) is 3.11. The van der Waals surface area contributed by atoms with E-state index in [-0.39, 0.29) is 5.82 Å². The summed E-state index contributed by atoms with van der Waals surface area (Å²) in [6.07, 6.45) is 0.976. The van der Waals surface area contributed by atoms with Crippen LogP contribution in [0.25, 0.3) is 0 Å². The molecule has 2 nitrogen and oxygen atoms in total. The molecule has 2 aromatic rings. The normalized spacial score (nSPS) is 14.2. The van der Waals surface area contributed by atoms with Gasteiger partial charge in [-0.1, -0.05) is 36.4 Å². The lowest BCUT2D eigenvalue weighted by molar-refractivity contribution is 0.605. The third kappa shape index (κ3) is 2.41. The Kier molecular flexibility index (Phi) is 3.70. The first-order valence-electron chi connectivity index (χ1n) is 7.03. The molecule has 0 atom stereocenters. The van der Waals surface area contributed by atoms with Crippen molar-refractivity contribution < 1.29 is 4.39 Å². The maximum Gasteiger partial charge on any atom is 0.146 e. The number of benzene rings is 2. The quantitative estimate of drug-likeness (QED) is 0.922. The zero-order valence-corrected chi connectivity index (χ0v) is 11.7. The Morgan fingerprint density at radius 3 is 2.70 bits per heavy atom. The second-order valence-electron chi connectivity index (χ2n) is 5.22. The lowest BCUT2D eigenvalue weighted by Gasteiger charge is -2.32. The fourth-order valence-electron chi connectivity index (χ4n) is 2.93. The van der Waals surface area contributed by atoms with E-state index in [0.717, 1.165) is 30.8 Å². The van der Waals surface area contributed by atoms with Gasteiger partial charge < -0.3 is 10.2 Å². The topological polar surface area (TPSA) is 15.3 Å². The smallest absolute Gasteiger partial charge is 0.146 e. The second kappa shape index (κ2) is 5.63. The molecular formula is C17H19FN2. The van der Waals surface area contributed by atoms with Gasteiger partial charge in [0, 0.05) is 19.6 Å². The van der Waals surface area contributed by atoms with E-state index in [0.29, 0.717) is 6.54 Å². The molecule has 0 unspecified atom stereocenters. The monoisotopic (exact) mass is 270 g/mol. The van der Waals surface area contributed by atoms with Gasteiger partial charge in [-0.15, -0.1) is 0 Å². The molecule has 0 bridgehead atoms. The van der Waals surface area contributed by atoms with Crippen LogP contribution >= 0.6 is 0 Å². The Labute approximate surface area is 119 Å². The summed E-state index contributed by atoms with van der Waals surface area (Å²) in [5.41, 5.74) is 4.45. The molecule has 104 valence electrons. The Morgan fingerprint density at radius 2 is 1.90 bits per heavy atom. The highest BCUT2D eigenvalue weighted by molar-refractivity contribution is 5.56. The zero-order valence-electron chi connectivity index (χ0n) is 11.7. The fourth-order valence-corrected chi connectivity index (χ4v) is 2.93. The lowest BCUT2D eigenvalue weighted by Crippen LogP contribution is -2.32. The van der Waals surface area contributed by atoms with Crippen molar-refractivity contribution >= 4 is 5.69 Å². The molecule has 0 saturated heterocycles. The van der Waals surface area contributed by atoms with Gasteiger partial charge in [0.2, 0.25) is 0 Å². The Morgan fingerprint density at radius 1 is 1.10 bits per heavy atom. The van der Waals surface area contributed by atoms with Crippen LogP contribution in [-0.2, 0) is 19.5 Å². The number of para-hydroxylation sites is 1. The minimum absolute atomic E-state index is 0.128. The summed E-state index contributed by atoms with van der Waals surface area (Å²) < 4.78 is 14.3. The Balaban J connectivity index is 1.95. The fraction of sp³-hybridized carbons (Fsp3) is 0.294. The number of halogens is 1. The van der Waals surface area contributed by atoms with E-state index in [1.807, 2.05) is 13.1 Å². The third-order valence-electron chi connectivity index (χ3n) is 3.88. The van der Waals surface area contributed by atoms with Gasteiger partial charge in [-0.25, -0.2) is 4.39 Å². The van der Waals surface area contributed by atoms with Crippen LogP contribution in [0.3, 0.4) is 0 Å². The average molecular weight is 270 g/mol. The molecule has 3 heteroatoms. The Bertz CT molecular complexity index is 610. The summed E-state index contributed by atoms with van der Waals surface area (Å²) in [4.78, 5) is 2.16. The van der Waals surface area contributed by atoms with Crippen LogP contribution in [-0.4, -0.2) is 13.6 Å². The van der Waals surface area contributed by atoms with E-state index in [1.54, 1.807) is 12.1 Å². The van der Waals surface area contributed by atoms with Crippen molar-refractivity contribution in [1.29, 1.82) is 0 Å². The SMILES string of the molecule is CNCc1cccc(F)c1N1CCc2ccccc2C1. The summed E-state index contributed by atoms with van der Waals surface area (Å²) in [7, 11) is 1.89. The molecule has 0 spiro atoms. The number of fused-ring (bicyclic) bond motifs is 1. The number of rotatable bonds is 3. The highest BCUT2D eigenvalue weighted by Crippen LogP contribution is 2.29. The molecule has 20 heavy (non-hydrogen) atoms.